The summed E-state index contributed by atoms with van der Waals surface area (Å²) in [4.78, 5) is 2.66. The molecule has 2 aliphatic heterocycles. The molecule has 0 bridgehead atoms. The van der Waals surface area contributed by atoms with Gasteiger partial charge in [0.25, 0.3) is 0 Å². The second-order valence-corrected chi connectivity index (χ2v) is 5.23. The van der Waals surface area contributed by atoms with E-state index in [-0.39, 0.29) is 0 Å². The Balaban J connectivity index is 1.53. The summed E-state index contributed by atoms with van der Waals surface area (Å²) in [6.07, 6.45) is 8.83. The molecule has 3 nitrogen and oxygen atoms in total. The highest BCUT2D eigenvalue weighted by Crippen LogP contribution is 2.27. The number of aliphatic hydroxyl groups excluding tert-OH is 1. The van der Waals surface area contributed by atoms with Gasteiger partial charge in [-0.1, -0.05) is 12.8 Å². The van der Waals surface area contributed by atoms with Crippen molar-refractivity contribution in [1.29, 1.82) is 0 Å². The molecule has 2 N–H and O–H groups in total. The third-order valence-electron chi connectivity index (χ3n) is 4.10. The predicted octanol–water partition coefficient (Wildman–Crippen LogP) is 1.37. The number of nitrogens with one attached hydrogen (secondary N) is 1. The largest absolute Gasteiger partial charge is 0.396 e. The van der Waals surface area contributed by atoms with Gasteiger partial charge in [-0.15, -0.1) is 0 Å². The fourth-order valence-electron chi connectivity index (χ4n) is 3.20. The molecule has 2 saturated heterocycles. The van der Waals surface area contributed by atoms with E-state index >= 15 is 0 Å². The van der Waals surface area contributed by atoms with Crippen molar-refractivity contribution < 1.29 is 5.11 Å². The van der Waals surface area contributed by atoms with Crippen molar-refractivity contribution in [2.45, 2.75) is 57.0 Å². The number of nitrogens with zero attached hydrogens (tertiary/aromatic N) is 1. The Labute approximate surface area is 99.2 Å². The maximum Gasteiger partial charge on any atom is 0.0431 e. The third kappa shape index (κ3) is 3.19. The standard InChI is InChI=1S/C13H26N2O/c16-11-4-2-1-3-8-14-12-7-10-15-9-5-6-13(12)15/h12-14,16H,1-11H2. The van der Waals surface area contributed by atoms with Gasteiger partial charge in [-0.25, -0.2) is 0 Å². The van der Waals surface area contributed by atoms with Crippen molar-refractivity contribution >= 4 is 0 Å². The predicted molar refractivity (Wildman–Crippen MR) is 66.6 cm³/mol. The molecule has 0 spiro atoms. The molecule has 0 aromatic heterocycles. The molecule has 2 atom stereocenters. The molecule has 0 radical (unpaired) electrons. The van der Waals surface area contributed by atoms with Crippen LogP contribution in [0.1, 0.15) is 44.9 Å². The van der Waals surface area contributed by atoms with Gasteiger partial charge in [-0.2, -0.15) is 0 Å². The first-order chi connectivity index (χ1) is 7.92. The van der Waals surface area contributed by atoms with Gasteiger partial charge in [-0.3, -0.25) is 4.90 Å². The average Bonchev–Trinajstić information content (AvgIpc) is 2.87. The SMILES string of the molecule is OCCCCCCNC1CCN2CCCC12. The van der Waals surface area contributed by atoms with Crippen LogP contribution >= 0.6 is 0 Å². The Kier molecular flexibility index (Phi) is 5.07. The molecule has 2 unspecified atom stereocenters. The summed E-state index contributed by atoms with van der Waals surface area (Å²) in [5.74, 6) is 0. The first kappa shape index (κ1) is 12.3. The topological polar surface area (TPSA) is 35.5 Å². The quantitative estimate of drug-likeness (QED) is 0.644. The lowest BCUT2D eigenvalue weighted by Crippen LogP contribution is -2.39. The van der Waals surface area contributed by atoms with Crippen LogP contribution in [0.2, 0.25) is 0 Å². The van der Waals surface area contributed by atoms with Crippen LogP contribution < -0.4 is 5.32 Å². The Morgan fingerprint density at radius 2 is 1.94 bits per heavy atom. The average molecular weight is 226 g/mol. The lowest BCUT2D eigenvalue weighted by molar-refractivity contribution is 0.281. The highest BCUT2D eigenvalue weighted by molar-refractivity contribution is 4.95. The van der Waals surface area contributed by atoms with E-state index < -0.39 is 0 Å². The number of rotatable bonds is 7. The Morgan fingerprint density at radius 1 is 1.06 bits per heavy atom. The summed E-state index contributed by atoms with van der Waals surface area (Å²) in [5, 5.41) is 12.4. The highest BCUT2D eigenvalue weighted by Gasteiger charge is 2.36. The molecule has 94 valence electrons. The second kappa shape index (κ2) is 6.58. The van der Waals surface area contributed by atoms with Crippen molar-refractivity contribution in [2.24, 2.45) is 0 Å². The maximum atomic E-state index is 8.68. The molecule has 0 saturated carbocycles. The second-order valence-electron chi connectivity index (χ2n) is 5.23. The summed E-state index contributed by atoms with van der Waals surface area (Å²) in [6, 6.07) is 1.61. The van der Waals surface area contributed by atoms with E-state index in [1.165, 1.54) is 58.2 Å². The summed E-state index contributed by atoms with van der Waals surface area (Å²) < 4.78 is 0. The summed E-state index contributed by atoms with van der Waals surface area (Å²) in [5.41, 5.74) is 0. The minimum atomic E-state index is 0.354. The van der Waals surface area contributed by atoms with Crippen LogP contribution in [0.15, 0.2) is 0 Å². The summed E-state index contributed by atoms with van der Waals surface area (Å²) >= 11 is 0. The summed E-state index contributed by atoms with van der Waals surface area (Å²) in [6.45, 7) is 4.17. The van der Waals surface area contributed by atoms with Gasteiger partial charge < -0.3 is 10.4 Å². The smallest absolute Gasteiger partial charge is 0.0431 e. The van der Waals surface area contributed by atoms with Crippen molar-refractivity contribution in [1.82, 2.24) is 10.2 Å². The number of fused-ring (bicyclic) bond motifs is 1. The van der Waals surface area contributed by atoms with Crippen molar-refractivity contribution in [2.75, 3.05) is 26.2 Å². The van der Waals surface area contributed by atoms with Crippen molar-refractivity contribution in [3.63, 3.8) is 0 Å². The highest BCUT2D eigenvalue weighted by atomic mass is 16.2. The summed E-state index contributed by atoms with van der Waals surface area (Å²) in [7, 11) is 0. The fourth-order valence-corrected chi connectivity index (χ4v) is 3.20. The number of hydrogen-bond donors (Lipinski definition) is 2. The van der Waals surface area contributed by atoms with Gasteiger partial charge in [0, 0.05) is 25.2 Å². The Hall–Kier alpha value is -0.120. The molecular weight excluding hydrogens is 200 g/mol. The van der Waals surface area contributed by atoms with Crippen LogP contribution in [0.25, 0.3) is 0 Å². The van der Waals surface area contributed by atoms with E-state index in [2.05, 4.69) is 10.2 Å². The maximum absolute atomic E-state index is 8.68. The molecule has 3 heteroatoms. The van der Waals surface area contributed by atoms with Crippen LogP contribution in [0.4, 0.5) is 0 Å². The Bertz CT molecular complexity index is 198. The van der Waals surface area contributed by atoms with E-state index in [0.29, 0.717) is 6.61 Å². The zero-order valence-electron chi connectivity index (χ0n) is 10.3. The van der Waals surface area contributed by atoms with E-state index in [1.807, 2.05) is 0 Å². The van der Waals surface area contributed by atoms with Crippen molar-refractivity contribution in [3.05, 3.63) is 0 Å². The Morgan fingerprint density at radius 3 is 2.81 bits per heavy atom. The van der Waals surface area contributed by atoms with E-state index in [0.717, 1.165) is 18.5 Å². The van der Waals surface area contributed by atoms with Crippen LogP contribution in [0.3, 0.4) is 0 Å². The first-order valence-electron chi connectivity index (χ1n) is 7.00. The van der Waals surface area contributed by atoms with Crippen LogP contribution in [0.5, 0.6) is 0 Å². The minimum Gasteiger partial charge on any atom is -0.396 e. The zero-order valence-corrected chi connectivity index (χ0v) is 10.3. The lowest BCUT2D eigenvalue weighted by atomic mass is 10.1. The minimum absolute atomic E-state index is 0.354. The molecule has 0 aromatic carbocycles. The molecule has 2 aliphatic rings. The first-order valence-corrected chi connectivity index (χ1v) is 7.00. The zero-order chi connectivity index (χ0) is 11.2. The van der Waals surface area contributed by atoms with E-state index in [4.69, 9.17) is 5.11 Å². The van der Waals surface area contributed by atoms with Gasteiger partial charge in [0.15, 0.2) is 0 Å². The normalized spacial score (nSPS) is 29.8. The molecule has 2 heterocycles. The van der Waals surface area contributed by atoms with Crippen LogP contribution in [-0.4, -0.2) is 48.3 Å². The van der Waals surface area contributed by atoms with Gasteiger partial charge in [0.1, 0.15) is 0 Å². The molecular formula is C13H26N2O. The molecule has 0 aromatic rings. The van der Waals surface area contributed by atoms with E-state index in [9.17, 15) is 0 Å². The lowest BCUT2D eigenvalue weighted by Gasteiger charge is -2.21. The molecule has 2 rings (SSSR count). The number of aliphatic hydroxyl groups is 1. The molecule has 16 heavy (non-hydrogen) atoms. The molecule has 0 amide bonds. The van der Waals surface area contributed by atoms with Gasteiger partial charge in [0.2, 0.25) is 0 Å². The third-order valence-corrected chi connectivity index (χ3v) is 4.10. The fraction of sp³-hybridized carbons (Fsp3) is 1.00. The van der Waals surface area contributed by atoms with E-state index in [1.54, 1.807) is 0 Å². The monoisotopic (exact) mass is 226 g/mol. The number of hydrogen-bond acceptors (Lipinski definition) is 3. The molecule has 2 fully saturated rings. The van der Waals surface area contributed by atoms with Gasteiger partial charge in [-0.05, 0) is 45.2 Å². The van der Waals surface area contributed by atoms with Crippen LogP contribution in [-0.2, 0) is 0 Å². The van der Waals surface area contributed by atoms with Crippen LogP contribution in [0, 0.1) is 0 Å². The van der Waals surface area contributed by atoms with Crippen molar-refractivity contribution in [3.8, 4) is 0 Å². The van der Waals surface area contributed by atoms with Gasteiger partial charge in [0.05, 0.1) is 0 Å². The molecule has 0 aliphatic carbocycles. The number of unbranched alkanes of at least 4 members (excludes halogenated alkanes) is 3. The van der Waals surface area contributed by atoms with Gasteiger partial charge >= 0.3 is 0 Å².